The van der Waals surface area contributed by atoms with E-state index in [-0.39, 0.29) is 11.7 Å². The SMILES string of the molecule is NC(=O)C[NH+]1CCN(c2ccccc2F)CC1. The smallest absolute Gasteiger partial charge is 0.272 e. The molecule has 1 saturated heterocycles. The molecule has 5 heteroatoms. The lowest BCUT2D eigenvalue weighted by molar-refractivity contribution is -0.892. The van der Waals surface area contributed by atoms with Gasteiger partial charge in [0, 0.05) is 0 Å². The molecule has 0 aromatic heterocycles. The first-order valence-electron chi connectivity index (χ1n) is 5.78. The molecule has 1 amide bonds. The molecule has 1 aliphatic heterocycles. The highest BCUT2D eigenvalue weighted by molar-refractivity contribution is 5.74. The van der Waals surface area contributed by atoms with Gasteiger partial charge >= 0.3 is 0 Å². The van der Waals surface area contributed by atoms with Crippen molar-refractivity contribution >= 4 is 11.6 Å². The minimum atomic E-state index is -0.278. The van der Waals surface area contributed by atoms with Crippen molar-refractivity contribution in [3.8, 4) is 0 Å². The molecular formula is C12H17FN3O+. The lowest BCUT2D eigenvalue weighted by Gasteiger charge is -2.33. The molecule has 92 valence electrons. The van der Waals surface area contributed by atoms with Gasteiger partial charge < -0.3 is 15.5 Å². The summed E-state index contributed by atoms with van der Waals surface area (Å²) in [6, 6.07) is 6.78. The minimum absolute atomic E-state index is 0.189. The molecule has 1 fully saturated rings. The van der Waals surface area contributed by atoms with Crippen LogP contribution in [0.4, 0.5) is 10.1 Å². The van der Waals surface area contributed by atoms with E-state index in [2.05, 4.69) is 0 Å². The molecule has 0 bridgehead atoms. The number of quaternary nitrogens is 1. The molecule has 1 aromatic rings. The van der Waals surface area contributed by atoms with E-state index in [1.807, 2.05) is 11.0 Å². The zero-order valence-electron chi connectivity index (χ0n) is 9.66. The second-order valence-electron chi connectivity index (χ2n) is 4.33. The lowest BCUT2D eigenvalue weighted by Crippen LogP contribution is -3.15. The molecular weight excluding hydrogens is 221 g/mol. The third-order valence-electron chi connectivity index (χ3n) is 3.09. The summed E-state index contributed by atoms with van der Waals surface area (Å²) < 4.78 is 13.6. The fraction of sp³-hybridized carbons (Fsp3) is 0.417. The van der Waals surface area contributed by atoms with Gasteiger partial charge in [-0.25, -0.2) is 4.39 Å². The number of para-hydroxylation sites is 1. The largest absolute Gasteiger partial charge is 0.365 e. The Bertz CT molecular complexity index is 402. The fourth-order valence-corrected chi connectivity index (χ4v) is 2.20. The summed E-state index contributed by atoms with van der Waals surface area (Å²) in [5.74, 6) is -0.467. The van der Waals surface area contributed by atoms with Crippen molar-refractivity contribution in [2.24, 2.45) is 5.73 Å². The summed E-state index contributed by atoms with van der Waals surface area (Å²) >= 11 is 0. The first-order valence-corrected chi connectivity index (χ1v) is 5.78. The van der Waals surface area contributed by atoms with E-state index < -0.39 is 0 Å². The van der Waals surface area contributed by atoms with Crippen LogP contribution in [0.1, 0.15) is 0 Å². The van der Waals surface area contributed by atoms with Crippen molar-refractivity contribution in [2.45, 2.75) is 0 Å². The minimum Gasteiger partial charge on any atom is -0.365 e. The Morgan fingerprint density at radius 2 is 2.00 bits per heavy atom. The monoisotopic (exact) mass is 238 g/mol. The summed E-state index contributed by atoms with van der Waals surface area (Å²) in [5.41, 5.74) is 5.80. The number of benzene rings is 1. The van der Waals surface area contributed by atoms with Crippen molar-refractivity contribution in [1.82, 2.24) is 0 Å². The number of nitrogens with one attached hydrogen (secondary N) is 1. The van der Waals surface area contributed by atoms with Gasteiger partial charge in [-0.05, 0) is 12.1 Å². The van der Waals surface area contributed by atoms with Crippen molar-refractivity contribution in [2.75, 3.05) is 37.6 Å². The standard InChI is InChI=1S/C12H16FN3O/c13-10-3-1-2-4-11(10)16-7-5-15(6-8-16)9-12(14)17/h1-4H,5-9H2,(H2,14,17)/p+1. The van der Waals surface area contributed by atoms with Gasteiger partial charge in [-0.3, -0.25) is 4.79 Å². The van der Waals surface area contributed by atoms with Crippen molar-refractivity contribution < 1.29 is 14.1 Å². The van der Waals surface area contributed by atoms with E-state index in [1.165, 1.54) is 11.0 Å². The molecule has 0 unspecified atom stereocenters. The van der Waals surface area contributed by atoms with Crippen molar-refractivity contribution in [3.63, 3.8) is 0 Å². The van der Waals surface area contributed by atoms with Gasteiger partial charge in [-0.15, -0.1) is 0 Å². The average Bonchev–Trinajstić information content (AvgIpc) is 2.30. The van der Waals surface area contributed by atoms with Crippen LogP contribution in [-0.2, 0) is 4.79 Å². The topological polar surface area (TPSA) is 50.8 Å². The van der Waals surface area contributed by atoms with Gasteiger partial charge in [0.25, 0.3) is 5.91 Å². The number of carbonyl (C=O) groups is 1. The molecule has 0 atom stereocenters. The quantitative estimate of drug-likeness (QED) is 0.711. The van der Waals surface area contributed by atoms with E-state index in [9.17, 15) is 9.18 Å². The molecule has 3 N–H and O–H groups in total. The van der Waals surface area contributed by atoms with E-state index in [1.54, 1.807) is 12.1 Å². The number of nitrogens with two attached hydrogens (primary N) is 1. The van der Waals surface area contributed by atoms with Crippen molar-refractivity contribution in [1.29, 1.82) is 0 Å². The molecule has 1 heterocycles. The number of rotatable bonds is 3. The fourth-order valence-electron chi connectivity index (χ4n) is 2.20. The molecule has 0 aliphatic carbocycles. The van der Waals surface area contributed by atoms with E-state index >= 15 is 0 Å². The van der Waals surface area contributed by atoms with Crippen LogP contribution in [0.3, 0.4) is 0 Å². The second kappa shape index (κ2) is 5.14. The van der Waals surface area contributed by atoms with Crippen LogP contribution in [0.25, 0.3) is 0 Å². The first-order chi connectivity index (χ1) is 8.16. The predicted molar refractivity (Wildman–Crippen MR) is 63.4 cm³/mol. The third kappa shape index (κ3) is 2.94. The van der Waals surface area contributed by atoms with Crippen LogP contribution in [0.2, 0.25) is 0 Å². The Balaban J connectivity index is 1.95. The van der Waals surface area contributed by atoms with Gasteiger partial charge in [-0.1, -0.05) is 12.1 Å². The average molecular weight is 238 g/mol. The van der Waals surface area contributed by atoms with Crippen LogP contribution in [0, 0.1) is 5.82 Å². The zero-order valence-corrected chi connectivity index (χ0v) is 9.66. The van der Waals surface area contributed by atoms with E-state index in [0.29, 0.717) is 12.2 Å². The number of carbonyl (C=O) groups excluding carboxylic acids is 1. The maximum absolute atomic E-state index is 13.6. The lowest BCUT2D eigenvalue weighted by atomic mass is 10.2. The van der Waals surface area contributed by atoms with Gasteiger partial charge in [0.05, 0.1) is 31.9 Å². The summed E-state index contributed by atoms with van der Waals surface area (Å²) in [5, 5.41) is 0. The normalized spacial score (nSPS) is 17.1. The summed E-state index contributed by atoms with van der Waals surface area (Å²) in [4.78, 5) is 14.0. The molecule has 4 nitrogen and oxygen atoms in total. The highest BCUT2D eigenvalue weighted by Crippen LogP contribution is 2.17. The van der Waals surface area contributed by atoms with Crippen LogP contribution in [-0.4, -0.2) is 38.6 Å². The third-order valence-corrected chi connectivity index (χ3v) is 3.09. The Hall–Kier alpha value is -1.62. The number of amides is 1. The molecule has 17 heavy (non-hydrogen) atoms. The number of anilines is 1. The van der Waals surface area contributed by atoms with Crippen LogP contribution >= 0.6 is 0 Å². The number of hydrogen-bond donors (Lipinski definition) is 2. The Kier molecular flexibility index (Phi) is 3.58. The van der Waals surface area contributed by atoms with Gasteiger partial charge in [0.1, 0.15) is 5.82 Å². The first kappa shape index (κ1) is 11.9. The maximum Gasteiger partial charge on any atom is 0.272 e. The number of nitrogens with zero attached hydrogens (tertiary/aromatic N) is 1. The Morgan fingerprint density at radius 3 is 2.59 bits per heavy atom. The Morgan fingerprint density at radius 1 is 1.35 bits per heavy atom. The highest BCUT2D eigenvalue weighted by atomic mass is 19.1. The molecule has 1 aliphatic rings. The van der Waals surface area contributed by atoms with Gasteiger partial charge in [0.15, 0.2) is 6.54 Å². The molecule has 0 spiro atoms. The van der Waals surface area contributed by atoms with E-state index in [4.69, 9.17) is 5.73 Å². The summed E-state index contributed by atoms with van der Waals surface area (Å²) in [7, 11) is 0. The predicted octanol–water partition coefficient (Wildman–Crippen LogP) is -0.984. The number of primary amides is 1. The van der Waals surface area contributed by atoms with E-state index in [0.717, 1.165) is 26.2 Å². The highest BCUT2D eigenvalue weighted by Gasteiger charge is 2.22. The summed E-state index contributed by atoms with van der Waals surface area (Å²) in [6.07, 6.45) is 0. The summed E-state index contributed by atoms with van der Waals surface area (Å²) in [6.45, 7) is 3.51. The number of piperazine rings is 1. The van der Waals surface area contributed by atoms with Crippen LogP contribution in [0.15, 0.2) is 24.3 Å². The second-order valence-corrected chi connectivity index (χ2v) is 4.33. The van der Waals surface area contributed by atoms with Crippen LogP contribution in [0.5, 0.6) is 0 Å². The molecule has 0 saturated carbocycles. The van der Waals surface area contributed by atoms with Crippen LogP contribution < -0.4 is 15.5 Å². The molecule has 2 rings (SSSR count). The molecule has 0 radical (unpaired) electrons. The van der Waals surface area contributed by atoms with Gasteiger partial charge in [0.2, 0.25) is 0 Å². The Labute approximate surface area is 99.8 Å². The number of hydrogen-bond acceptors (Lipinski definition) is 2. The van der Waals surface area contributed by atoms with Gasteiger partial charge in [-0.2, -0.15) is 0 Å². The number of halogens is 1. The molecule has 1 aromatic carbocycles. The zero-order chi connectivity index (χ0) is 12.3. The maximum atomic E-state index is 13.6. The van der Waals surface area contributed by atoms with Crippen molar-refractivity contribution in [3.05, 3.63) is 30.1 Å².